The number of nitrogens with zero attached hydrogens (tertiary/aromatic N) is 1. The molecule has 1 atom stereocenters. The average molecular weight is 278 g/mol. The van der Waals surface area contributed by atoms with Crippen molar-refractivity contribution in [3.8, 4) is 11.5 Å². The fourth-order valence-electron chi connectivity index (χ4n) is 2.15. The number of nitrogens with two attached hydrogens (primary N) is 1. The standard InChI is InChI=1S/C15H22N2O3/c1-3-17(15(18)7-4-11(2)16)9-12-5-6-13-14(8-12)20-10-19-13/h5-6,8,11H,3-4,7,9-10,16H2,1-2H3. The molecule has 0 fully saturated rings. The van der Waals surface area contributed by atoms with E-state index in [1.54, 1.807) is 0 Å². The number of ether oxygens (including phenoxy) is 2. The van der Waals surface area contributed by atoms with Gasteiger partial charge in [0.15, 0.2) is 11.5 Å². The van der Waals surface area contributed by atoms with Crippen LogP contribution in [0, 0.1) is 0 Å². The maximum absolute atomic E-state index is 12.1. The van der Waals surface area contributed by atoms with Gasteiger partial charge in [0.2, 0.25) is 12.7 Å². The van der Waals surface area contributed by atoms with E-state index in [2.05, 4.69) is 0 Å². The monoisotopic (exact) mass is 278 g/mol. The molecule has 0 saturated heterocycles. The summed E-state index contributed by atoms with van der Waals surface area (Å²) in [6.45, 7) is 5.44. The van der Waals surface area contributed by atoms with Crippen molar-refractivity contribution in [3.05, 3.63) is 23.8 Å². The lowest BCUT2D eigenvalue weighted by atomic mass is 10.1. The SMILES string of the molecule is CCN(Cc1ccc2c(c1)OCO2)C(=O)CCC(C)N. The van der Waals surface area contributed by atoms with Crippen LogP contribution in [0.4, 0.5) is 0 Å². The third-order valence-corrected chi connectivity index (χ3v) is 3.36. The fraction of sp³-hybridized carbons (Fsp3) is 0.533. The predicted molar refractivity (Wildman–Crippen MR) is 76.5 cm³/mol. The highest BCUT2D eigenvalue weighted by atomic mass is 16.7. The molecule has 0 saturated carbocycles. The van der Waals surface area contributed by atoms with Crippen LogP contribution in [0.5, 0.6) is 11.5 Å². The highest BCUT2D eigenvalue weighted by molar-refractivity contribution is 5.76. The first-order valence-corrected chi connectivity index (χ1v) is 7.02. The maximum atomic E-state index is 12.1. The van der Waals surface area contributed by atoms with Gasteiger partial charge in [-0.1, -0.05) is 6.07 Å². The van der Waals surface area contributed by atoms with E-state index in [-0.39, 0.29) is 18.7 Å². The topological polar surface area (TPSA) is 64.8 Å². The lowest BCUT2D eigenvalue weighted by molar-refractivity contribution is -0.131. The van der Waals surface area contributed by atoms with Crippen LogP contribution in [0.1, 0.15) is 32.3 Å². The van der Waals surface area contributed by atoms with Gasteiger partial charge in [0, 0.05) is 25.6 Å². The molecule has 5 heteroatoms. The summed E-state index contributed by atoms with van der Waals surface area (Å²) in [5.74, 6) is 1.66. The van der Waals surface area contributed by atoms with Crippen LogP contribution in [0.15, 0.2) is 18.2 Å². The number of carbonyl (C=O) groups is 1. The lowest BCUT2D eigenvalue weighted by Gasteiger charge is -2.21. The van der Waals surface area contributed by atoms with Crippen molar-refractivity contribution in [3.63, 3.8) is 0 Å². The van der Waals surface area contributed by atoms with Crippen molar-refractivity contribution in [2.24, 2.45) is 5.73 Å². The second kappa shape index (κ2) is 6.61. The molecule has 2 rings (SSSR count). The second-order valence-electron chi connectivity index (χ2n) is 5.11. The van der Waals surface area contributed by atoms with E-state index in [9.17, 15) is 4.79 Å². The Labute approximate surface area is 119 Å². The van der Waals surface area contributed by atoms with Gasteiger partial charge in [0.25, 0.3) is 0 Å². The molecule has 0 spiro atoms. The molecule has 1 aliphatic rings. The minimum absolute atomic E-state index is 0.0585. The molecule has 5 nitrogen and oxygen atoms in total. The van der Waals surface area contributed by atoms with Crippen molar-refractivity contribution in [1.82, 2.24) is 4.90 Å². The van der Waals surface area contributed by atoms with Gasteiger partial charge in [-0.3, -0.25) is 4.79 Å². The van der Waals surface area contributed by atoms with Crippen LogP contribution in [-0.2, 0) is 11.3 Å². The van der Waals surface area contributed by atoms with Gasteiger partial charge in [0.05, 0.1) is 0 Å². The van der Waals surface area contributed by atoms with Gasteiger partial charge in [0.1, 0.15) is 0 Å². The Balaban J connectivity index is 1.97. The Morgan fingerprint density at radius 1 is 1.40 bits per heavy atom. The Morgan fingerprint density at radius 2 is 2.15 bits per heavy atom. The van der Waals surface area contributed by atoms with Gasteiger partial charge < -0.3 is 20.1 Å². The van der Waals surface area contributed by atoms with Gasteiger partial charge in [-0.05, 0) is 38.0 Å². The molecule has 0 aromatic heterocycles. The zero-order valence-electron chi connectivity index (χ0n) is 12.1. The molecule has 0 aliphatic carbocycles. The molecule has 1 amide bonds. The molecule has 1 aliphatic heterocycles. The summed E-state index contributed by atoms with van der Waals surface area (Å²) < 4.78 is 10.6. The molecule has 1 unspecified atom stereocenters. The van der Waals surface area contributed by atoms with E-state index in [1.807, 2.05) is 36.9 Å². The average Bonchev–Trinajstić information content (AvgIpc) is 2.89. The number of hydrogen-bond donors (Lipinski definition) is 1. The minimum atomic E-state index is 0.0585. The Bertz CT molecular complexity index is 474. The highest BCUT2D eigenvalue weighted by Crippen LogP contribution is 2.32. The van der Waals surface area contributed by atoms with Crippen LogP contribution < -0.4 is 15.2 Å². The van der Waals surface area contributed by atoms with Crippen molar-refractivity contribution in [1.29, 1.82) is 0 Å². The number of hydrogen-bond acceptors (Lipinski definition) is 4. The van der Waals surface area contributed by atoms with E-state index in [0.29, 0.717) is 19.5 Å². The molecular weight excluding hydrogens is 256 g/mol. The van der Waals surface area contributed by atoms with Crippen LogP contribution >= 0.6 is 0 Å². The maximum Gasteiger partial charge on any atom is 0.231 e. The number of fused-ring (bicyclic) bond motifs is 1. The summed E-state index contributed by atoms with van der Waals surface area (Å²) in [6.07, 6.45) is 1.21. The van der Waals surface area contributed by atoms with Crippen LogP contribution in [0.3, 0.4) is 0 Å². The van der Waals surface area contributed by atoms with E-state index in [1.165, 1.54) is 0 Å². The largest absolute Gasteiger partial charge is 0.454 e. The molecule has 110 valence electrons. The Hall–Kier alpha value is -1.75. The van der Waals surface area contributed by atoms with E-state index < -0.39 is 0 Å². The number of carbonyl (C=O) groups excluding carboxylic acids is 1. The van der Waals surface area contributed by atoms with Gasteiger partial charge >= 0.3 is 0 Å². The molecular formula is C15H22N2O3. The third kappa shape index (κ3) is 3.63. The predicted octanol–water partition coefficient (Wildman–Crippen LogP) is 1.89. The molecule has 1 heterocycles. The summed E-state index contributed by atoms with van der Waals surface area (Å²) in [5, 5.41) is 0. The number of amides is 1. The smallest absolute Gasteiger partial charge is 0.231 e. The third-order valence-electron chi connectivity index (χ3n) is 3.36. The van der Waals surface area contributed by atoms with Crippen molar-refractivity contribution < 1.29 is 14.3 Å². The van der Waals surface area contributed by atoms with E-state index in [4.69, 9.17) is 15.2 Å². The summed E-state index contributed by atoms with van der Waals surface area (Å²) in [7, 11) is 0. The molecule has 1 aromatic carbocycles. The van der Waals surface area contributed by atoms with Crippen LogP contribution in [-0.4, -0.2) is 30.2 Å². The van der Waals surface area contributed by atoms with Crippen molar-refractivity contribution >= 4 is 5.91 Å². The molecule has 1 aromatic rings. The first kappa shape index (κ1) is 14.7. The zero-order chi connectivity index (χ0) is 14.5. The number of rotatable bonds is 6. The Kier molecular flexibility index (Phi) is 4.84. The Morgan fingerprint density at radius 3 is 2.85 bits per heavy atom. The molecule has 0 radical (unpaired) electrons. The minimum Gasteiger partial charge on any atom is -0.454 e. The van der Waals surface area contributed by atoms with Crippen molar-refractivity contribution in [2.45, 2.75) is 39.3 Å². The van der Waals surface area contributed by atoms with Crippen molar-refractivity contribution in [2.75, 3.05) is 13.3 Å². The highest BCUT2D eigenvalue weighted by Gasteiger charge is 2.16. The summed E-state index contributed by atoms with van der Waals surface area (Å²) in [4.78, 5) is 14.0. The molecule has 20 heavy (non-hydrogen) atoms. The summed E-state index contributed by atoms with van der Waals surface area (Å²) in [6, 6.07) is 5.85. The second-order valence-corrected chi connectivity index (χ2v) is 5.11. The van der Waals surface area contributed by atoms with E-state index >= 15 is 0 Å². The van der Waals surface area contributed by atoms with Crippen LogP contribution in [0.25, 0.3) is 0 Å². The molecule has 2 N–H and O–H groups in total. The molecule has 0 bridgehead atoms. The first-order chi connectivity index (χ1) is 9.60. The first-order valence-electron chi connectivity index (χ1n) is 7.02. The van der Waals surface area contributed by atoms with Gasteiger partial charge in [-0.15, -0.1) is 0 Å². The number of benzene rings is 1. The van der Waals surface area contributed by atoms with Crippen LogP contribution in [0.2, 0.25) is 0 Å². The fourth-order valence-corrected chi connectivity index (χ4v) is 2.15. The normalized spacial score (nSPS) is 14.2. The summed E-state index contributed by atoms with van der Waals surface area (Å²) in [5.41, 5.74) is 6.74. The zero-order valence-corrected chi connectivity index (χ0v) is 12.1. The van der Waals surface area contributed by atoms with Gasteiger partial charge in [-0.25, -0.2) is 0 Å². The van der Waals surface area contributed by atoms with Gasteiger partial charge in [-0.2, -0.15) is 0 Å². The summed E-state index contributed by atoms with van der Waals surface area (Å²) >= 11 is 0. The van der Waals surface area contributed by atoms with E-state index in [0.717, 1.165) is 23.5 Å². The lowest BCUT2D eigenvalue weighted by Crippen LogP contribution is -2.31. The quantitative estimate of drug-likeness (QED) is 0.863.